The Balaban J connectivity index is 0.00000144. The molecule has 0 aromatic heterocycles. The Labute approximate surface area is 84.3 Å². The summed E-state index contributed by atoms with van der Waals surface area (Å²) in [5, 5.41) is 12.0. The fourth-order valence-electron chi connectivity index (χ4n) is 1.14. The maximum Gasteiger partial charge on any atom is 0.251 e. The number of nitrogens with one attached hydrogen (secondary N) is 1. The first-order valence-electron chi connectivity index (χ1n) is 4.18. The highest BCUT2D eigenvalue weighted by Gasteiger charge is 2.31. The van der Waals surface area contributed by atoms with E-state index in [9.17, 15) is 9.90 Å². The summed E-state index contributed by atoms with van der Waals surface area (Å²) >= 11 is 0. The Morgan fingerprint density at radius 2 is 2.00 bits per heavy atom. The molecule has 1 fully saturated rings. The lowest BCUT2D eigenvalue weighted by atomic mass is 9.87. The fourth-order valence-corrected chi connectivity index (χ4v) is 1.14. The van der Waals surface area contributed by atoms with Crippen LogP contribution in [-0.2, 0) is 4.79 Å². The van der Waals surface area contributed by atoms with Crippen molar-refractivity contribution in [2.75, 3.05) is 0 Å². The predicted molar refractivity (Wildman–Crippen MR) is 52.7 cm³/mol. The fraction of sp³-hybridized carbons (Fsp3) is 0.875. The summed E-state index contributed by atoms with van der Waals surface area (Å²) in [7, 11) is 0. The molecule has 1 amide bonds. The zero-order valence-corrected chi connectivity index (χ0v) is 8.73. The summed E-state index contributed by atoms with van der Waals surface area (Å²) in [5.41, 5.74) is 4.26. The molecule has 0 spiro atoms. The number of hydrogen-bond acceptors (Lipinski definition) is 3. The van der Waals surface area contributed by atoms with Gasteiger partial charge in [-0.3, -0.25) is 4.79 Å². The molecule has 1 rings (SSSR count). The van der Waals surface area contributed by atoms with E-state index in [1.54, 1.807) is 0 Å². The first-order chi connectivity index (χ1) is 5.39. The number of rotatable bonds is 2. The van der Waals surface area contributed by atoms with Gasteiger partial charge in [0.25, 0.3) is 5.91 Å². The molecule has 0 heterocycles. The first kappa shape index (κ1) is 12.7. The van der Waals surface area contributed by atoms with Crippen LogP contribution >= 0.6 is 12.4 Å². The molecule has 4 N–H and O–H groups in total. The minimum atomic E-state index is -1.28. The molecule has 1 aliphatic carbocycles. The lowest BCUT2D eigenvalue weighted by Crippen LogP contribution is -2.54. The maximum atomic E-state index is 11.2. The Kier molecular flexibility index (Phi) is 4.16. The molecule has 1 aliphatic rings. The van der Waals surface area contributed by atoms with E-state index in [0.29, 0.717) is 0 Å². The molecule has 0 atom stereocenters. The summed E-state index contributed by atoms with van der Waals surface area (Å²) in [6.07, 6.45) is 1.64. The van der Waals surface area contributed by atoms with Crippen molar-refractivity contribution in [3.8, 4) is 0 Å². The van der Waals surface area contributed by atoms with E-state index in [2.05, 4.69) is 5.32 Å². The quantitative estimate of drug-likeness (QED) is 0.588. The van der Waals surface area contributed by atoms with E-state index < -0.39 is 5.60 Å². The van der Waals surface area contributed by atoms with Crippen molar-refractivity contribution in [2.24, 2.45) is 5.73 Å². The van der Waals surface area contributed by atoms with Crippen LogP contribution in [0.1, 0.15) is 26.7 Å². The monoisotopic (exact) mass is 208 g/mol. The Morgan fingerprint density at radius 1 is 1.54 bits per heavy atom. The first-order valence-corrected chi connectivity index (χ1v) is 4.18. The van der Waals surface area contributed by atoms with Gasteiger partial charge in [-0.2, -0.15) is 0 Å². The van der Waals surface area contributed by atoms with Crippen LogP contribution in [0.5, 0.6) is 0 Å². The summed E-state index contributed by atoms with van der Waals surface area (Å²) in [6.45, 7) is 2.95. The van der Waals surface area contributed by atoms with E-state index in [-0.39, 0.29) is 30.4 Å². The average Bonchev–Trinajstić information content (AvgIpc) is 1.82. The molecule has 0 bridgehead atoms. The summed E-state index contributed by atoms with van der Waals surface area (Å²) in [4.78, 5) is 11.2. The molecule has 0 saturated heterocycles. The van der Waals surface area contributed by atoms with E-state index in [1.165, 1.54) is 13.8 Å². The third kappa shape index (κ3) is 3.50. The van der Waals surface area contributed by atoms with Crippen molar-refractivity contribution in [1.82, 2.24) is 5.32 Å². The number of nitrogens with two attached hydrogens (primary N) is 1. The zero-order valence-electron chi connectivity index (χ0n) is 7.91. The van der Waals surface area contributed by atoms with Gasteiger partial charge < -0.3 is 16.2 Å². The number of aliphatic hydroxyl groups is 1. The minimum Gasteiger partial charge on any atom is -0.381 e. The van der Waals surface area contributed by atoms with E-state index in [4.69, 9.17) is 5.73 Å². The molecule has 13 heavy (non-hydrogen) atoms. The van der Waals surface area contributed by atoms with Crippen LogP contribution in [0.2, 0.25) is 0 Å². The van der Waals surface area contributed by atoms with Crippen molar-refractivity contribution >= 4 is 18.3 Å². The number of carbonyl (C=O) groups excluding carboxylic acids is 1. The summed E-state index contributed by atoms with van der Waals surface area (Å²) < 4.78 is 0. The normalized spacial score (nSPS) is 27.1. The highest BCUT2D eigenvalue weighted by atomic mass is 35.5. The summed E-state index contributed by atoms with van der Waals surface area (Å²) in [6, 6.07) is 0.385. The van der Waals surface area contributed by atoms with Crippen LogP contribution in [0.4, 0.5) is 0 Å². The van der Waals surface area contributed by atoms with Gasteiger partial charge in [0, 0.05) is 12.1 Å². The van der Waals surface area contributed by atoms with Gasteiger partial charge >= 0.3 is 0 Å². The van der Waals surface area contributed by atoms with Crippen LogP contribution in [0.15, 0.2) is 0 Å². The van der Waals surface area contributed by atoms with E-state index in [0.717, 1.165) is 12.8 Å². The van der Waals surface area contributed by atoms with E-state index >= 15 is 0 Å². The third-order valence-corrected chi connectivity index (χ3v) is 2.07. The highest BCUT2D eigenvalue weighted by Crippen LogP contribution is 2.18. The molecule has 0 aliphatic heterocycles. The highest BCUT2D eigenvalue weighted by molar-refractivity contribution is 5.85. The molecule has 0 unspecified atom stereocenters. The van der Waals surface area contributed by atoms with Gasteiger partial charge in [0.15, 0.2) is 0 Å². The van der Waals surface area contributed by atoms with Crippen molar-refractivity contribution < 1.29 is 9.90 Å². The topological polar surface area (TPSA) is 75.3 Å². The van der Waals surface area contributed by atoms with Crippen LogP contribution in [0.25, 0.3) is 0 Å². The van der Waals surface area contributed by atoms with Gasteiger partial charge in [-0.15, -0.1) is 12.4 Å². The molecule has 0 aromatic carbocycles. The van der Waals surface area contributed by atoms with Crippen molar-refractivity contribution in [2.45, 2.75) is 44.4 Å². The number of hydrogen-bond donors (Lipinski definition) is 3. The summed E-state index contributed by atoms with van der Waals surface area (Å²) in [5.74, 6) is -0.320. The van der Waals surface area contributed by atoms with Crippen LogP contribution in [0, 0.1) is 0 Å². The lowest BCUT2D eigenvalue weighted by Gasteiger charge is -2.34. The molecule has 4 nitrogen and oxygen atoms in total. The molecule has 0 aromatic rings. The molecule has 0 radical (unpaired) electrons. The van der Waals surface area contributed by atoms with Gasteiger partial charge in [-0.05, 0) is 26.7 Å². The Hall–Kier alpha value is -0.320. The third-order valence-electron chi connectivity index (χ3n) is 2.07. The number of carbonyl (C=O) groups is 1. The zero-order chi connectivity index (χ0) is 9.35. The van der Waals surface area contributed by atoms with Gasteiger partial charge in [0.2, 0.25) is 0 Å². The average molecular weight is 209 g/mol. The van der Waals surface area contributed by atoms with Crippen molar-refractivity contribution in [3.63, 3.8) is 0 Å². The van der Waals surface area contributed by atoms with Gasteiger partial charge in [-0.1, -0.05) is 0 Å². The standard InChI is InChI=1S/C8H16N2O2.ClH/c1-8(2,12)7(11)10-6-3-5(9)4-6;/h5-6,12H,3-4,9H2,1-2H3,(H,10,11);1H. The minimum absolute atomic E-state index is 0. The second-order valence-electron chi connectivity index (χ2n) is 3.96. The largest absolute Gasteiger partial charge is 0.381 e. The van der Waals surface area contributed by atoms with Gasteiger partial charge in [0.05, 0.1) is 0 Å². The Bertz CT molecular complexity index is 185. The van der Waals surface area contributed by atoms with Crippen molar-refractivity contribution in [1.29, 1.82) is 0 Å². The molecular formula is C8H17ClN2O2. The second-order valence-corrected chi connectivity index (χ2v) is 3.96. The molecule has 1 saturated carbocycles. The van der Waals surface area contributed by atoms with Gasteiger partial charge in [0.1, 0.15) is 5.60 Å². The maximum absolute atomic E-state index is 11.2. The molecule has 5 heteroatoms. The molecular weight excluding hydrogens is 192 g/mol. The van der Waals surface area contributed by atoms with Crippen molar-refractivity contribution in [3.05, 3.63) is 0 Å². The SMILES string of the molecule is CC(C)(O)C(=O)NC1CC(N)C1.Cl. The second kappa shape index (κ2) is 4.26. The van der Waals surface area contributed by atoms with Crippen LogP contribution < -0.4 is 11.1 Å². The number of amides is 1. The predicted octanol–water partition coefficient (Wildman–Crippen LogP) is -0.215. The number of halogens is 1. The van der Waals surface area contributed by atoms with Crippen LogP contribution in [-0.4, -0.2) is 28.7 Å². The smallest absolute Gasteiger partial charge is 0.251 e. The molecule has 78 valence electrons. The lowest BCUT2D eigenvalue weighted by molar-refractivity contribution is -0.137. The Morgan fingerprint density at radius 3 is 2.31 bits per heavy atom. The van der Waals surface area contributed by atoms with Gasteiger partial charge in [-0.25, -0.2) is 0 Å². The van der Waals surface area contributed by atoms with E-state index in [1.807, 2.05) is 0 Å². The van der Waals surface area contributed by atoms with Crippen LogP contribution in [0.3, 0.4) is 0 Å².